The van der Waals surface area contributed by atoms with Gasteiger partial charge in [-0.2, -0.15) is 0 Å². The molecule has 0 N–H and O–H groups in total. The van der Waals surface area contributed by atoms with E-state index in [9.17, 15) is 4.79 Å². The average Bonchev–Trinajstić information content (AvgIpc) is 2.87. The smallest absolute Gasteiger partial charge is 0.311 e. The van der Waals surface area contributed by atoms with E-state index in [-0.39, 0.29) is 12.6 Å². The number of carbonyl (C=O) groups excluding carboxylic acids is 1. The predicted molar refractivity (Wildman–Crippen MR) is 162 cm³/mol. The van der Waals surface area contributed by atoms with Crippen molar-refractivity contribution in [3.05, 3.63) is 69.9 Å². The van der Waals surface area contributed by atoms with Crippen LogP contribution in [0.5, 0.6) is 5.75 Å². The maximum atomic E-state index is 12.8. The van der Waals surface area contributed by atoms with Gasteiger partial charge in [-0.25, -0.2) is 0 Å². The van der Waals surface area contributed by atoms with E-state index in [1.54, 1.807) is 0 Å². The van der Waals surface area contributed by atoms with E-state index < -0.39 is 17.1 Å². The molecule has 1 aromatic heterocycles. The van der Waals surface area contributed by atoms with Crippen molar-refractivity contribution >= 4 is 5.97 Å². The summed E-state index contributed by atoms with van der Waals surface area (Å²) in [7, 11) is 0. The molecule has 0 aliphatic carbocycles. The molecule has 0 fully saturated rings. The van der Waals surface area contributed by atoms with E-state index in [2.05, 4.69) is 57.2 Å². The zero-order valence-electron chi connectivity index (χ0n) is 26.0. The van der Waals surface area contributed by atoms with Crippen LogP contribution >= 0.6 is 0 Å². The third-order valence-electron chi connectivity index (χ3n) is 7.44. The number of rotatable bonds is 6. The maximum Gasteiger partial charge on any atom is 0.311 e. The number of benzene rings is 2. The van der Waals surface area contributed by atoms with Crippen molar-refractivity contribution in [1.82, 2.24) is 4.98 Å². The molecule has 2 heterocycles. The molecule has 1 atom stereocenters. The first-order valence-electron chi connectivity index (χ1n) is 14.4. The number of pyridine rings is 1. The van der Waals surface area contributed by atoms with Gasteiger partial charge in [0.25, 0.3) is 0 Å². The molecule has 1 aliphatic rings. The van der Waals surface area contributed by atoms with Crippen LogP contribution in [0.25, 0.3) is 22.4 Å². The van der Waals surface area contributed by atoms with E-state index >= 15 is 0 Å². The third kappa shape index (κ3) is 6.58. The highest BCUT2D eigenvalue weighted by Crippen LogP contribution is 2.42. The minimum Gasteiger partial charge on any atom is -0.493 e. The highest BCUT2D eigenvalue weighted by atomic mass is 16.6. The van der Waals surface area contributed by atoms with Crippen molar-refractivity contribution in [2.24, 2.45) is 5.41 Å². The Kier molecular flexibility index (Phi) is 8.46. The van der Waals surface area contributed by atoms with E-state index in [0.29, 0.717) is 0 Å². The summed E-state index contributed by atoms with van der Waals surface area (Å²) in [5, 5.41) is 0. The fourth-order valence-corrected chi connectivity index (χ4v) is 5.24. The van der Waals surface area contributed by atoms with Gasteiger partial charge in [0.2, 0.25) is 0 Å². The summed E-state index contributed by atoms with van der Waals surface area (Å²) in [6.45, 7) is 21.0. The number of aromatic nitrogens is 1. The van der Waals surface area contributed by atoms with Crippen molar-refractivity contribution in [2.45, 2.75) is 93.8 Å². The van der Waals surface area contributed by atoms with Crippen LogP contribution in [0.15, 0.2) is 36.4 Å². The minimum atomic E-state index is -0.607. The summed E-state index contributed by atoms with van der Waals surface area (Å²) in [6, 6.07) is 13.0. The van der Waals surface area contributed by atoms with Crippen LogP contribution in [0.1, 0.15) is 87.6 Å². The quantitative estimate of drug-likeness (QED) is 0.292. The molecule has 5 heteroatoms. The lowest BCUT2D eigenvalue weighted by Crippen LogP contribution is -2.30. The van der Waals surface area contributed by atoms with Gasteiger partial charge in [-0.05, 0) is 134 Å². The Bertz CT molecular complexity index is 1410. The number of aryl methyl sites for hydroxylation is 4. The van der Waals surface area contributed by atoms with Gasteiger partial charge in [-0.1, -0.05) is 18.2 Å². The highest BCUT2D eigenvalue weighted by molar-refractivity contribution is 5.81. The van der Waals surface area contributed by atoms with Gasteiger partial charge in [-0.15, -0.1) is 0 Å². The molecule has 0 saturated carbocycles. The topological polar surface area (TPSA) is 57.7 Å². The van der Waals surface area contributed by atoms with E-state index in [0.717, 1.165) is 64.4 Å². The highest BCUT2D eigenvalue weighted by Gasteiger charge is 2.31. The Morgan fingerprint density at radius 2 is 1.65 bits per heavy atom. The first kappa shape index (κ1) is 29.8. The summed E-state index contributed by atoms with van der Waals surface area (Å²) in [6.07, 6.45) is 1.49. The summed E-state index contributed by atoms with van der Waals surface area (Å²) < 4.78 is 18.4. The summed E-state index contributed by atoms with van der Waals surface area (Å²) in [5.41, 5.74) is 9.74. The van der Waals surface area contributed by atoms with Gasteiger partial charge in [0, 0.05) is 16.8 Å². The number of esters is 1. The van der Waals surface area contributed by atoms with Crippen molar-refractivity contribution < 1.29 is 19.0 Å². The van der Waals surface area contributed by atoms with Crippen LogP contribution in [0.4, 0.5) is 0 Å². The van der Waals surface area contributed by atoms with Crippen LogP contribution in [-0.4, -0.2) is 29.8 Å². The molecule has 4 rings (SSSR count). The second-order valence-electron chi connectivity index (χ2n) is 13.1. The molecule has 1 unspecified atom stereocenters. The SMILES string of the molecule is Cc1ccc(-c2nc(C)c(C(COC(=O)C(C)(C)C)OC(C)(C)C)c(-c3ccc4c(c3)CCCO4)c2C)cc1C. The van der Waals surface area contributed by atoms with E-state index in [1.807, 2.05) is 48.5 Å². The lowest BCUT2D eigenvalue weighted by Gasteiger charge is -2.32. The number of carbonyl (C=O) groups is 1. The molecule has 0 spiro atoms. The normalized spacial score (nSPS) is 14.3. The van der Waals surface area contributed by atoms with Gasteiger partial charge in [-0.3, -0.25) is 9.78 Å². The lowest BCUT2D eigenvalue weighted by molar-refractivity contribution is -0.162. The Balaban J connectivity index is 1.95. The maximum absolute atomic E-state index is 12.8. The molecule has 0 radical (unpaired) electrons. The molecule has 40 heavy (non-hydrogen) atoms. The van der Waals surface area contributed by atoms with Crippen molar-refractivity contribution in [2.75, 3.05) is 13.2 Å². The average molecular weight is 544 g/mol. The zero-order valence-corrected chi connectivity index (χ0v) is 26.0. The molecule has 3 aromatic rings. The number of nitrogens with zero attached hydrogens (tertiary/aromatic N) is 1. The first-order valence-corrected chi connectivity index (χ1v) is 14.4. The van der Waals surface area contributed by atoms with Crippen LogP contribution in [0.3, 0.4) is 0 Å². The van der Waals surface area contributed by atoms with Crippen molar-refractivity contribution in [1.29, 1.82) is 0 Å². The van der Waals surface area contributed by atoms with Gasteiger partial charge in [0.05, 0.1) is 23.3 Å². The molecular weight excluding hydrogens is 498 g/mol. The molecule has 2 aromatic carbocycles. The summed E-state index contributed by atoms with van der Waals surface area (Å²) >= 11 is 0. The first-order chi connectivity index (χ1) is 18.7. The monoisotopic (exact) mass is 543 g/mol. The molecule has 0 bridgehead atoms. The number of ether oxygens (including phenoxy) is 3. The Morgan fingerprint density at radius 3 is 2.30 bits per heavy atom. The van der Waals surface area contributed by atoms with Crippen molar-refractivity contribution in [3.63, 3.8) is 0 Å². The standard InChI is InChI=1S/C35H45NO4/c1-21-13-14-27(18-22(21)2)32-23(3)30(26-15-16-28-25(19-26)12-11-17-38-28)31(24(4)36-32)29(40-35(8,9)10)20-39-33(37)34(5,6)7/h13-16,18-19,29H,11-12,17,20H2,1-10H3. The van der Waals surface area contributed by atoms with E-state index in [4.69, 9.17) is 19.2 Å². The molecular formula is C35H45NO4. The largest absolute Gasteiger partial charge is 0.493 e. The minimum absolute atomic E-state index is 0.110. The van der Waals surface area contributed by atoms with E-state index in [1.165, 1.54) is 16.7 Å². The Labute approximate surface area is 240 Å². The second-order valence-corrected chi connectivity index (χ2v) is 13.1. The van der Waals surface area contributed by atoms with Gasteiger partial charge in [0.15, 0.2) is 0 Å². The number of hydrogen-bond donors (Lipinski definition) is 0. The Hall–Kier alpha value is -3.18. The molecule has 214 valence electrons. The van der Waals surface area contributed by atoms with Gasteiger partial charge < -0.3 is 14.2 Å². The lowest BCUT2D eigenvalue weighted by atomic mass is 9.87. The zero-order chi connectivity index (χ0) is 29.4. The van der Waals surface area contributed by atoms with Crippen LogP contribution in [-0.2, 0) is 20.7 Å². The third-order valence-corrected chi connectivity index (χ3v) is 7.44. The Morgan fingerprint density at radius 1 is 0.950 bits per heavy atom. The van der Waals surface area contributed by atoms with Crippen LogP contribution in [0.2, 0.25) is 0 Å². The molecule has 1 aliphatic heterocycles. The second kappa shape index (κ2) is 11.4. The van der Waals surface area contributed by atoms with Gasteiger partial charge >= 0.3 is 5.97 Å². The molecule has 0 saturated heterocycles. The summed E-state index contributed by atoms with van der Waals surface area (Å²) in [4.78, 5) is 18.0. The fourth-order valence-electron chi connectivity index (χ4n) is 5.24. The number of fused-ring (bicyclic) bond motifs is 1. The summed E-state index contributed by atoms with van der Waals surface area (Å²) in [5.74, 6) is 0.701. The number of hydrogen-bond acceptors (Lipinski definition) is 5. The van der Waals surface area contributed by atoms with Crippen LogP contribution in [0, 0.1) is 33.1 Å². The predicted octanol–water partition coefficient (Wildman–Crippen LogP) is 8.42. The molecule has 5 nitrogen and oxygen atoms in total. The fraction of sp³-hybridized carbons (Fsp3) is 0.486. The van der Waals surface area contributed by atoms with Crippen LogP contribution < -0.4 is 4.74 Å². The molecule has 0 amide bonds. The van der Waals surface area contributed by atoms with Crippen molar-refractivity contribution in [3.8, 4) is 28.1 Å². The van der Waals surface area contributed by atoms with Gasteiger partial charge in [0.1, 0.15) is 18.5 Å².